The molecule has 0 bridgehead atoms. The normalized spacial score (nSPS) is 12.5. The van der Waals surface area contributed by atoms with Gasteiger partial charge in [-0.1, -0.05) is 0 Å². The van der Waals surface area contributed by atoms with Gasteiger partial charge in [0, 0.05) is 15.4 Å². The topological polar surface area (TPSA) is 46.5 Å². The van der Waals surface area contributed by atoms with Crippen LogP contribution in [0.25, 0.3) is 0 Å². The van der Waals surface area contributed by atoms with Gasteiger partial charge in [0.25, 0.3) is 0 Å². The molecule has 5 heteroatoms. The first-order chi connectivity index (χ1) is 6.16. The Morgan fingerprint density at radius 1 is 1.77 bits per heavy atom. The van der Waals surface area contributed by atoms with Crippen molar-refractivity contribution in [2.75, 3.05) is 6.61 Å². The average molecular weight is 265 g/mol. The molecule has 0 radical (unpaired) electrons. The third-order valence-corrected chi connectivity index (χ3v) is 3.20. The van der Waals surface area contributed by atoms with E-state index in [1.807, 2.05) is 0 Å². The minimum atomic E-state index is -1.18. The first-order valence-corrected chi connectivity index (χ1v) is 5.46. The van der Waals surface area contributed by atoms with Crippen molar-refractivity contribution in [2.45, 2.75) is 13.0 Å². The van der Waals surface area contributed by atoms with Gasteiger partial charge in [-0.15, -0.1) is 0 Å². The Kier molecular flexibility index (Phi) is 3.90. The zero-order chi connectivity index (χ0) is 9.84. The van der Waals surface area contributed by atoms with E-state index in [9.17, 15) is 9.90 Å². The molecule has 1 rings (SSSR count). The minimum absolute atomic E-state index is 0.275. The lowest BCUT2D eigenvalue weighted by Gasteiger charge is -2.08. The summed E-state index contributed by atoms with van der Waals surface area (Å²) in [4.78, 5) is 11.1. The highest BCUT2D eigenvalue weighted by Crippen LogP contribution is 2.27. The number of rotatable bonds is 3. The Bertz CT molecular complexity index is 297. The van der Waals surface area contributed by atoms with Crippen LogP contribution in [0.4, 0.5) is 0 Å². The molecule has 0 aromatic carbocycles. The summed E-state index contributed by atoms with van der Waals surface area (Å²) in [6.07, 6.45) is -1.18. The first-order valence-electron chi connectivity index (χ1n) is 3.73. The molecule has 0 aliphatic carbocycles. The van der Waals surface area contributed by atoms with E-state index in [1.165, 1.54) is 11.3 Å². The maximum absolute atomic E-state index is 11.1. The molecular formula is C8H9BrO3S. The standard InChI is InChI=1S/C8H9BrO3S/c1-2-12-8(11)7(10)5-3-13-4-6(5)9/h3-4,7,10H,2H2,1H3. The highest BCUT2D eigenvalue weighted by molar-refractivity contribution is 9.10. The van der Waals surface area contributed by atoms with E-state index in [4.69, 9.17) is 0 Å². The molecule has 1 aromatic heterocycles. The van der Waals surface area contributed by atoms with Gasteiger partial charge < -0.3 is 9.84 Å². The molecule has 1 atom stereocenters. The monoisotopic (exact) mass is 264 g/mol. The van der Waals surface area contributed by atoms with Crippen molar-refractivity contribution < 1.29 is 14.6 Å². The zero-order valence-corrected chi connectivity index (χ0v) is 9.39. The molecule has 0 fully saturated rings. The molecule has 0 aliphatic rings. The number of esters is 1. The molecule has 1 unspecified atom stereocenters. The van der Waals surface area contributed by atoms with Crippen molar-refractivity contribution >= 4 is 33.2 Å². The summed E-state index contributed by atoms with van der Waals surface area (Å²) in [7, 11) is 0. The minimum Gasteiger partial charge on any atom is -0.464 e. The van der Waals surface area contributed by atoms with Crippen LogP contribution < -0.4 is 0 Å². The SMILES string of the molecule is CCOC(=O)C(O)c1cscc1Br. The number of thiophene rings is 1. The Balaban J connectivity index is 2.73. The van der Waals surface area contributed by atoms with Gasteiger partial charge in [-0.2, -0.15) is 11.3 Å². The van der Waals surface area contributed by atoms with Gasteiger partial charge in [0.1, 0.15) is 0 Å². The van der Waals surface area contributed by atoms with E-state index in [0.717, 1.165) is 4.47 Å². The lowest BCUT2D eigenvalue weighted by molar-refractivity contribution is -0.153. The van der Waals surface area contributed by atoms with E-state index >= 15 is 0 Å². The summed E-state index contributed by atoms with van der Waals surface area (Å²) >= 11 is 4.64. The smallest absolute Gasteiger partial charge is 0.339 e. The van der Waals surface area contributed by atoms with Crippen LogP contribution in [0.5, 0.6) is 0 Å². The molecule has 3 nitrogen and oxygen atoms in total. The quantitative estimate of drug-likeness (QED) is 0.851. The zero-order valence-electron chi connectivity index (χ0n) is 6.99. The molecule has 72 valence electrons. The van der Waals surface area contributed by atoms with Crippen LogP contribution in [0.3, 0.4) is 0 Å². The highest BCUT2D eigenvalue weighted by Gasteiger charge is 2.21. The molecule has 0 amide bonds. The van der Waals surface area contributed by atoms with Crippen molar-refractivity contribution in [3.63, 3.8) is 0 Å². The van der Waals surface area contributed by atoms with Crippen molar-refractivity contribution in [1.82, 2.24) is 0 Å². The Hall–Kier alpha value is -0.390. The predicted octanol–water partition coefficient (Wildman–Crippen LogP) is 2.11. The largest absolute Gasteiger partial charge is 0.464 e. The van der Waals surface area contributed by atoms with Gasteiger partial charge >= 0.3 is 5.97 Å². The lowest BCUT2D eigenvalue weighted by atomic mass is 10.2. The van der Waals surface area contributed by atoms with E-state index in [2.05, 4.69) is 20.7 Å². The number of carbonyl (C=O) groups is 1. The molecule has 0 spiro atoms. The fourth-order valence-electron chi connectivity index (χ4n) is 0.835. The van der Waals surface area contributed by atoms with Crippen LogP contribution in [0.15, 0.2) is 15.2 Å². The number of carbonyl (C=O) groups excluding carboxylic acids is 1. The average Bonchev–Trinajstić information content (AvgIpc) is 2.50. The highest BCUT2D eigenvalue weighted by atomic mass is 79.9. The van der Waals surface area contributed by atoms with Crippen molar-refractivity contribution in [3.05, 3.63) is 20.8 Å². The summed E-state index contributed by atoms with van der Waals surface area (Å²) < 4.78 is 5.41. The Morgan fingerprint density at radius 3 is 2.92 bits per heavy atom. The van der Waals surface area contributed by atoms with Crippen molar-refractivity contribution in [1.29, 1.82) is 0 Å². The third kappa shape index (κ3) is 2.52. The first kappa shape index (κ1) is 10.7. The summed E-state index contributed by atoms with van der Waals surface area (Å²) in [5.41, 5.74) is 0.559. The van der Waals surface area contributed by atoms with Gasteiger partial charge in [0.15, 0.2) is 6.10 Å². The molecule has 0 saturated heterocycles. The van der Waals surface area contributed by atoms with E-state index in [1.54, 1.807) is 17.7 Å². The molecule has 0 aliphatic heterocycles. The molecule has 1 heterocycles. The van der Waals surface area contributed by atoms with Crippen molar-refractivity contribution in [3.8, 4) is 0 Å². The van der Waals surface area contributed by atoms with Crippen LogP contribution in [0, 0.1) is 0 Å². The summed E-state index contributed by atoms with van der Waals surface area (Å²) in [6, 6.07) is 0. The predicted molar refractivity (Wildman–Crippen MR) is 53.6 cm³/mol. The van der Waals surface area contributed by atoms with Gasteiger partial charge in [0.2, 0.25) is 0 Å². The Morgan fingerprint density at radius 2 is 2.46 bits per heavy atom. The Labute approximate surface area is 88.5 Å². The molecule has 13 heavy (non-hydrogen) atoms. The van der Waals surface area contributed by atoms with E-state index in [-0.39, 0.29) is 6.61 Å². The van der Waals surface area contributed by atoms with Gasteiger partial charge in [0.05, 0.1) is 6.61 Å². The molecule has 1 N–H and O–H groups in total. The summed E-state index contributed by atoms with van der Waals surface area (Å²) in [5, 5.41) is 13.0. The fourth-order valence-corrected chi connectivity index (χ4v) is 2.37. The molecule has 1 aromatic rings. The van der Waals surface area contributed by atoms with Crippen LogP contribution in [0.1, 0.15) is 18.6 Å². The van der Waals surface area contributed by atoms with Crippen LogP contribution in [-0.4, -0.2) is 17.7 Å². The van der Waals surface area contributed by atoms with Gasteiger partial charge in [-0.3, -0.25) is 0 Å². The number of aliphatic hydroxyl groups is 1. The van der Waals surface area contributed by atoms with Gasteiger partial charge in [-0.05, 0) is 28.2 Å². The number of hydrogen-bond acceptors (Lipinski definition) is 4. The van der Waals surface area contributed by atoms with Gasteiger partial charge in [-0.25, -0.2) is 4.79 Å². The van der Waals surface area contributed by atoms with E-state index < -0.39 is 12.1 Å². The summed E-state index contributed by atoms with van der Waals surface area (Å²) in [6.45, 7) is 1.98. The maximum atomic E-state index is 11.1. The van der Waals surface area contributed by atoms with E-state index in [0.29, 0.717) is 5.56 Å². The second-order valence-electron chi connectivity index (χ2n) is 2.33. The fraction of sp³-hybridized carbons (Fsp3) is 0.375. The molecule has 0 saturated carbocycles. The number of ether oxygens (including phenoxy) is 1. The number of aliphatic hydroxyl groups excluding tert-OH is 1. The second-order valence-corrected chi connectivity index (χ2v) is 3.93. The second kappa shape index (κ2) is 4.74. The summed E-state index contributed by atoms with van der Waals surface area (Å²) in [5.74, 6) is -0.610. The van der Waals surface area contributed by atoms with Crippen LogP contribution in [0.2, 0.25) is 0 Å². The molecular weight excluding hydrogens is 256 g/mol. The van der Waals surface area contributed by atoms with Crippen molar-refractivity contribution in [2.24, 2.45) is 0 Å². The van der Waals surface area contributed by atoms with Crippen LogP contribution in [-0.2, 0) is 9.53 Å². The maximum Gasteiger partial charge on any atom is 0.339 e. The number of hydrogen-bond donors (Lipinski definition) is 1. The van der Waals surface area contributed by atoms with Crippen LogP contribution >= 0.6 is 27.3 Å². The number of halogens is 1. The lowest BCUT2D eigenvalue weighted by Crippen LogP contribution is -2.14. The third-order valence-electron chi connectivity index (χ3n) is 1.45.